The molecule has 114 valence electrons. The number of benzene rings is 1. The third-order valence-electron chi connectivity index (χ3n) is 2.83. The third-order valence-corrected chi connectivity index (χ3v) is 2.83. The minimum Gasteiger partial charge on any atom is -0.491 e. The smallest absolute Gasteiger partial charge is 0.258 e. The molecule has 0 bridgehead atoms. The number of nitrogens with two attached hydrogens (primary N) is 1. The van der Waals surface area contributed by atoms with Crippen LogP contribution in [0.4, 0.5) is 0 Å². The second kappa shape index (κ2) is 6.24. The van der Waals surface area contributed by atoms with Gasteiger partial charge < -0.3 is 19.7 Å². The van der Waals surface area contributed by atoms with Crippen molar-refractivity contribution < 1.29 is 14.0 Å². The lowest BCUT2D eigenvalue weighted by Crippen LogP contribution is -2.38. The summed E-state index contributed by atoms with van der Waals surface area (Å²) >= 11 is 0. The SMILES string of the molecule is COCC(C)(N)c1noc(-c2cccc(OC(C)C)c2)n1. The Morgan fingerprint density at radius 1 is 1.38 bits per heavy atom. The maximum absolute atomic E-state index is 6.10. The maximum Gasteiger partial charge on any atom is 0.258 e. The average Bonchev–Trinajstić information content (AvgIpc) is 2.88. The summed E-state index contributed by atoms with van der Waals surface area (Å²) in [7, 11) is 1.58. The van der Waals surface area contributed by atoms with E-state index < -0.39 is 5.54 Å². The van der Waals surface area contributed by atoms with E-state index >= 15 is 0 Å². The van der Waals surface area contributed by atoms with Crippen LogP contribution in [0.2, 0.25) is 0 Å². The number of hydrogen-bond donors (Lipinski definition) is 1. The molecule has 0 radical (unpaired) electrons. The molecule has 6 heteroatoms. The molecule has 2 N–H and O–H groups in total. The van der Waals surface area contributed by atoms with E-state index in [9.17, 15) is 0 Å². The zero-order chi connectivity index (χ0) is 15.5. The molecule has 0 aliphatic heterocycles. The average molecular weight is 291 g/mol. The quantitative estimate of drug-likeness (QED) is 0.879. The van der Waals surface area contributed by atoms with E-state index in [1.807, 2.05) is 38.1 Å². The van der Waals surface area contributed by atoms with Crippen LogP contribution in [0.1, 0.15) is 26.6 Å². The topological polar surface area (TPSA) is 83.4 Å². The second-order valence-electron chi connectivity index (χ2n) is 5.47. The van der Waals surface area contributed by atoms with Crippen LogP contribution in [-0.4, -0.2) is 30.0 Å². The van der Waals surface area contributed by atoms with E-state index in [-0.39, 0.29) is 6.10 Å². The van der Waals surface area contributed by atoms with Gasteiger partial charge >= 0.3 is 0 Å². The molecule has 0 aliphatic rings. The molecule has 6 nitrogen and oxygen atoms in total. The Morgan fingerprint density at radius 3 is 2.81 bits per heavy atom. The van der Waals surface area contributed by atoms with Gasteiger partial charge in [0, 0.05) is 12.7 Å². The first kappa shape index (κ1) is 15.5. The van der Waals surface area contributed by atoms with E-state index in [0.29, 0.717) is 18.3 Å². The van der Waals surface area contributed by atoms with Crippen LogP contribution >= 0.6 is 0 Å². The number of hydrogen-bond acceptors (Lipinski definition) is 6. The van der Waals surface area contributed by atoms with Crippen molar-refractivity contribution in [3.63, 3.8) is 0 Å². The molecule has 1 aromatic carbocycles. The molecule has 1 atom stereocenters. The predicted octanol–water partition coefficient (Wildman–Crippen LogP) is 2.34. The molecule has 2 rings (SSSR count). The maximum atomic E-state index is 6.10. The monoisotopic (exact) mass is 291 g/mol. The molecule has 21 heavy (non-hydrogen) atoms. The van der Waals surface area contributed by atoms with Crippen molar-refractivity contribution in [2.45, 2.75) is 32.4 Å². The number of ether oxygens (including phenoxy) is 2. The summed E-state index contributed by atoms with van der Waals surface area (Å²) in [5.74, 6) is 1.58. The largest absolute Gasteiger partial charge is 0.491 e. The van der Waals surface area contributed by atoms with E-state index in [4.69, 9.17) is 19.7 Å². The molecule has 0 saturated carbocycles. The highest BCUT2D eigenvalue weighted by Crippen LogP contribution is 2.25. The zero-order valence-corrected chi connectivity index (χ0v) is 12.8. The van der Waals surface area contributed by atoms with Gasteiger partial charge in [-0.1, -0.05) is 11.2 Å². The molecule has 0 fully saturated rings. The van der Waals surface area contributed by atoms with E-state index in [2.05, 4.69) is 10.1 Å². The van der Waals surface area contributed by atoms with Gasteiger partial charge in [0.2, 0.25) is 0 Å². The van der Waals surface area contributed by atoms with Crippen LogP contribution in [0.15, 0.2) is 28.8 Å². The lowest BCUT2D eigenvalue weighted by atomic mass is 10.1. The molecule has 0 amide bonds. The number of rotatable bonds is 6. The summed E-state index contributed by atoms with van der Waals surface area (Å²) in [6.45, 7) is 6.05. The van der Waals surface area contributed by atoms with Gasteiger partial charge in [-0.25, -0.2) is 0 Å². The van der Waals surface area contributed by atoms with Crippen molar-refractivity contribution in [2.24, 2.45) is 5.73 Å². The number of aromatic nitrogens is 2. The lowest BCUT2D eigenvalue weighted by molar-refractivity contribution is 0.135. The minimum absolute atomic E-state index is 0.104. The van der Waals surface area contributed by atoms with Gasteiger partial charge in [-0.3, -0.25) is 0 Å². The van der Waals surface area contributed by atoms with Gasteiger partial charge in [-0.05, 0) is 39.0 Å². The van der Waals surface area contributed by atoms with Gasteiger partial charge in [0.05, 0.1) is 12.7 Å². The summed E-state index contributed by atoms with van der Waals surface area (Å²) in [5.41, 5.74) is 6.10. The highest BCUT2D eigenvalue weighted by molar-refractivity contribution is 5.55. The van der Waals surface area contributed by atoms with E-state index in [1.165, 1.54) is 0 Å². The molecule has 1 heterocycles. The molecule has 0 spiro atoms. The lowest BCUT2D eigenvalue weighted by Gasteiger charge is -2.18. The van der Waals surface area contributed by atoms with E-state index in [0.717, 1.165) is 11.3 Å². The Morgan fingerprint density at radius 2 is 2.14 bits per heavy atom. The van der Waals surface area contributed by atoms with Gasteiger partial charge in [-0.2, -0.15) is 4.98 Å². The fourth-order valence-corrected chi connectivity index (χ4v) is 1.91. The Kier molecular flexibility index (Phi) is 4.59. The minimum atomic E-state index is -0.789. The fraction of sp³-hybridized carbons (Fsp3) is 0.467. The van der Waals surface area contributed by atoms with Gasteiger partial charge in [0.25, 0.3) is 5.89 Å². The van der Waals surface area contributed by atoms with Crippen molar-refractivity contribution in [1.29, 1.82) is 0 Å². The molecular formula is C15H21N3O3. The number of nitrogens with zero attached hydrogens (tertiary/aromatic N) is 2. The van der Waals surface area contributed by atoms with Crippen LogP contribution in [0.3, 0.4) is 0 Å². The summed E-state index contributed by atoms with van der Waals surface area (Å²) in [6, 6.07) is 7.52. The van der Waals surface area contributed by atoms with Crippen molar-refractivity contribution in [2.75, 3.05) is 13.7 Å². The summed E-state index contributed by atoms with van der Waals surface area (Å²) in [5, 5.41) is 3.94. The Hall–Kier alpha value is -1.92. The standard InChI is InChI=1S/C15H21N3O3/c1-10(2)20-12-7-5-6-11(8-12)13-17-14(18-21-13)15(3,16)9-19-4/h5-8,10H,9,16H2,1-4H3. The third kappa shape index (κ3) is 3.80. The number of methoxy groups -OCH3 is 1. The molecule has 0 aliphatic carbocycles. The highest BCUT2D eigenvalue weighted by atomic mass is 16.5. The summed E-state index contributed by atoms with van der Waals surface area (Å²) in [6.07, 6.45) is 0.104. The second-order valence-corrected chi connectivity index (χ2v) is 5.47. The van der Waals surface area contributed by atoms with Crippen LogP contribution in [0.25, 0.3) is 11.5 Å². The van der Waals surface area contributed by atoms with Crippen molar-refractivity contribution in [3.05, 3.63) is 30.1 Å². The molecule has 2 aromatic rings. The molecule has 1 unspecified atom stereocenters. The summed E-state index contributed by atoms with van der Waals surface area (Å²) in [4.78, 5) is 4.35. The normalized spacial score (nSPS) is 14.2. The Bertz CT molecular complexity index is 593. The van der Waals surface area contributed by atoms with Crippen molar-refractivity contribution >= 4 is 0 Å². The first-order chi connectivity index (χ1) is 9.92. The van der Waals surface area contributed by atoms with Crippen LogP contribution in [-0.2, 0) is 10.3 Å². The van der Waals surface area contributed by atoms with E-state index in [1.54, 1.807) is 14.0 Å². The van der Waals surface area contributed by atoms with Crippen molar-refractivity contribution in [3.8, 4) is 17.2 Å². The Labute approximate surface area is 124 Å². The van der Waals surface area contributed by atoms with Gasteiger partial charge in [-0.15, -0.1) is 0 Å². The fourth-order valence-electron chi connectivity index (χ4n) is 1.91. The molecular weight excluding hydrogens is 270 g/mol. The van der Waals surface area contributed by atoms with Crippen molar-refractivity contribution in [1.82, 2.24) is 10.1 Å². The molecule has 1 aromatic heterocycles. The van der Waals surface area contributed by atoms with Crippen LogP contribution in [0, 0.1) is 0 Å². The first-order valence-electron chi connectivity index (χ1n) is 6.81. The van der Waals surface area contributed by atoms with Gasteiger partial charge in [0.1, 0.15) is 11.3 Å². The van der Waals surface area contributed by atoms with Crippen LogP contribution in [0.5, 0.6) is 5.75 Å². The zero-order valence-electron chi connectivity index (χ0n) is 12.8. The molecule has 0 saturated heterocycles. The highest BCUT2D eigenvalue weighted by Gasteiger charge is 2.27. The Balaban J connectivity index is 2.25. The predicted molar refractivity (Wildman–Crippen MR) is 78.9 cm³/mol. The summed E-state index contributed by atoms with van der Waals surface area (Å²) < 4.78 is 16.0. The van der Waals surface area contributed by atoms with Gasteiger partial charge in [0.15, 0.2) is 5.82 Å². The van der Waals surface area contributed by atoms with Crippen LogP contribution < -0.4 is 10.5 Å². The first-order valence-corrected chi connectivity index (χ1v) is 6.81.